The van der Waals surface area contributed by atoms with E-state index in [1.165, 1.54) is 12.1 Å². The first-order valence-corrected chi connectivity index (χ1v) is 7.85. The zero-order valence-corrected chi connectivity index (χ0v) is 13.6. The summed E-state index contributed by atoms with van der Waals surface area (Å²) in [5.74, 6) is 0.236. The molecule has 23 heavy (non-hydrogen) atoms. The molecule has 128 valence electrons. The molecule has 0 radical (unpaired) electrons. The predicted octanol–water partition coefficient (Wildman–Crippen LogP) is 2.81. The number of rotatable bonds is 5. The monoisotopic (exact) mass is 326 g/mol. The average molecular weight is 326 g/mol. The summed E-state index contributed by atoms with van der Waals surface area (Å²) in [5.41, 5.74) is 6.94. The second-order valence-electron chi connectivity index (χ2n) is 6.72. The number of halogens is 2. The highest BCUT2D eigenvalue weighted by Crippen LogP contribution is 2.28. The Morgan fingerprint density at radius 3 is 2.61 bits per heavy atom. The quantitative estimate of drug-likeness (QED) is 0.905. The molecule has 0 aliphatic carbocycles. The van der Waals surface area contributed by atoms with E-state index in [0.717, 1.165) is 12.0 Å². The van der Waals surface area contributed by atoms with Crippen molar-refractivity contribution in [2.45, 2.75) is 45.8 Å². The van der Waals surface area contributed by atoms with Gasteiger partial charge in [0.15, 0.2) is 0 Å². The molecule has 1 amide bonds. The van der Waals surface area contributed by atoms with Crippen LogP contribution >= 0.6 is 0 Å². The van der Waals surface area contributed by atoms with Gasteiger partial charge in [0.05, 0.1) is 0 Å². The maximum absolute atomic E-state index is 12.3. The first-order chi connectivity index (χ1) is 10.8. The second kappa shape index (κ2) is 7.25. The lowest BCUT2D eigenvalue weighted by atomic mass is 9.79. The highest BCUT2D eigenvalue weighted by Gasteiger charge is 2.34. The Morgan fingerprint density at radius 1 is 1.39 bits per heavy atom. The highest BCUT2D eigenvalue weighted by atomic mass is 19.3. The number of benzene rings is 1. The van der Waals surface area contributed by atoms with Gasteiger partial charge in [-0.3, -0.25) is 4.79 Å². The number of amides is 1. The van der Waals surface area contributed by atoms with Crippen molar-refractivity contribution in [3.05, 3.63) is 29.8 Å². The Labute approximate surface area is 135 Å². The van der Waals surface area contributed by atoms with Crippen molar-refractivity contribution in [2.24, 2.45) is 11.1 Å². The number of ether oxygens (including phenoxy) is 1. The zero-order chi connectivity index (χ0) is 17.0. The number of hydrogen-bond acceptors (Lipinski definition) is 3. The number of hydrogen-bond donors (Lipinski definition) is 1. The van der Waals surface area contributed by atoms with Gasteiger partial charge in [0.1, 0.15) is 5.75 Å². The van der Waals surface area contributed by atoms with Crippen LogP contribution in [0.25, 0.3) is 0 Å². The van der Waals surface area contributed by atoms with Crippen molar-refractivity contribution in [1.29, 1.82) is 0 Å². The molecule has 6 heteroatoms. The van der Waals surface area contributed by atoms with Crippen LogP contribution in [-0.4, -0.2) is 36.5 Å². The number of nitrogens with two attached hydrogens (primary N) is 1. The minimum Gasteiger partial charge on any atom is -0.435 e. The molecule has 1 aromatic rings. The predicted molar refractivity (Wildman–Crippen MR) is 84.3 cm³/mol. The van der Waals surface area contributed by atoms with Crippen molar-refractivity contribution in [2.75, 3.05) is 13.1 Å². The number of carbonyl (C=O) groups excluding carboxylic acids is 1. The lowest BCUT2D eigenvalue weighted by Gasteiger charge is -2.42. The Hall–Kier alpha value is -1.69. The van der Waals surface area contributed by atoms with Gasteiger partial charge in [0, 0.05) is 25.6 Å². The third-order valence-corrected chi connectivity index (χ3v) is 4.44. The SMILES string of the molecule is CC1(C)CN(C(=O)CCc2ccc(OC(F)F)cc2)CCC1N. The maximum atomic E-state index is 12.3. The van der Waals surface area contributed by atoms with E-state index in [1.54, 1.807) is 12.1 Å². The molecule has 1 unspecified atom stereocenters. The van der Waals surface area contributed by atoms with Crippen LogP contribution in [0.2, 0.25) is 0 Å². The van der Waals surface area contributed by atoms with Crippen LogP contribution in [0.1, 0.15) is 32.3 Å². The molecule has 1 atom stereocenters. The number of alkyl halides is 2. The molecule has 2 N–H and O–H groups in total. The molecule has 1 fully saturated rings. The summed E-state index contributed by atoms with van der Waals surface area (Å²) in [6.07, 6.45) is 1.80. The van der Waals surface area contributed by atoms with Gasteiger partial charge in [0.2, 0.25) is 5.91 Å². The number of piperidine rings is 1. The average Bonchev–Trinajstić information content (AvgIpc) is 2.48. The highest BCUT2D eigenvalue weighted by molar-refractivity contribution is 5.76. The molecule has 1 aliphatic heterocycles. The number of nitrogens with zero attached hydrogens (tertiary/aromatic N) is 1. The molecular formula is C17H24F2N2O2. The van der Waals surface area contributed by atoms with Crippen LogP contribution in [0.4, 0.5) is 8.78 Å². The Kier molecular flexibility index (Phi) is 5.57. The summed E-state index contributed by atoms with van der Waals surface area (Å²) in [6, 6.07) is 6.53. The van der Waals surface area contributed by atoms with Crippen LogP contribution in [0.5, 0.6) is 5.75 Å². The van der Waals surface area contributed by atoms with Crippen LogP contribution in [-0.2, 0) is 11.2 Å². The first-order valence-electron chi connectivity index (χ1n) is 7.85. The van der Waals surface area contributed by atoms with E-state index in [0.29, 0.717) is 25.9 Å². The van der Waals surface area contributed by atoms with Crippen molar-refractivity contribution in [3.8, 4) is 5.75 Å². The second-order valence-corrected chi connectivity index (χ2v) is 6.72. The third kappa shape index (κ3) is 4.89. The summed E-state index contributed by atoms with van der Waals surface area (Å²) >= 11 is 0. The lowest BCUT2D eigenvalue weighted by molar-refractivity contribution is -0.134. The van der Waals surface area contributed by atoms with Crippen molar-refractivity contribution in [1.82, 2.24) is 4.90 Å². The minimum absolute atomic E-state index is 0.0673. The summed E-state index contributed by atoms with van der Waals surface area (Å²) in [7, 11) is 0. The van der Waals surface area contributed by atoms with Crippen LogP contribution < -0.4 is 10.5 Å². The van der Waals surface area contributed by atoms with Crippen molar-refractivity contribution < 1.29 is 18.3 Å². The van der Waals surface area contributed by atoms with E-state index in [4.69, 9.17) is 5.73 Å². The van der Waals surface area contributed by atoms with Gasteiger partial charge in [-0.05, 0) is 36.0 Å². The van der Waals surface area contributed by atoms with Gasteiger partial charge in [-0.25, -0.2) is 0 Å². The van der Waals surface area contributed by atoms with Crippen LogP contribution in [0.3, 0.4) is 0 Å². The van der Waals surface area contributed by atoms with E-state index in [1.807, 2.05) is 4.90 Å². The molecule has 0 spiro atoms. The topological polar surface area (TPSA) is 55.6 Å². The van der Waals surface area contributed by atoms with Gasteiger partial charge in [0.25, 0.3) is 0 Å². The zero-order valence-electron chi connectivity index (χ0n) is 13.6. The van der Waals surface area contributed by atoms with E-state index >= 15 is 0 Å². The van der Waals surface area contributed by atoms with Gasteiger partial charge in [-0.15, -0.1) is 0 Å². The summed E-state index contributed by atoms with van der Waals surface area (Å²) in [5, 5.41) is 0. The third-order valence-electron chi connectivity index (χ3n) is 4.44. The largest absolute Gasteiger partial charge is 0.435 e. The molecule has 0 aromatic heterocycles. The molecule has 2 rings (SSSR count). The Bertz CT molecular complexity index is 532. The summed E-state index contributed by atoms with van der Waals surface area (Å²) < 4.78 is 28.5. The summed E-state index contributed by atoms with van der Waals surface area (Å²) in [6.45, 7) is 2.72. The van der Waals surface area contributed by atoms with E-state index in [-0.39, 0.29) is 23.1 Å². The lowest BCUT2D eigenvalue weighted by Crippen LogP contribution is -2.54. The molecule has 0 saturated carbocycles. The number of likely N-dealkylation sites (tertiary alicyclic amines) is 1. The fraction of sp³-hybridized carbons (Fsp3) is 0.588. The fourth-order valence-corrected chi connectivity index (χ4v) is 2.83. The molecule has 1 aliphatic rings. The van der Waals surface area contributed by atoms with Crippen molar-refractivity contribution in [3.63, 3.8) is 0 Å². The number of carbonyl (C=O) groups is 1. The molecule has 1 saturated heterocycles. The molecule has 1 aromatic carbocycles. The first kappa shape index (κ1) is 17.7. The maximum Gasteiger partial charge on any atom is 0.387 e. The standard InChI is InChI=1S/C17H24F2N2O2/c1-17(2)11-21(10-9-14(17)20)15(22)8-5-12-3-6-13(7-4-12)23-16(18)19/h3-4,6-7,14,16H,5,8-11,20H2,1-2H3. The summed E-state index contributed by atoms with van der Waals surface area (Å²) in [4.78, 5) is 14.2. The molecule has 4 nitrogen and oxygen atoms in total. The molecule has 0 bridgehead atoms. The van der Waals surface area contributed by atoms with Crippen molar-refractivity contribution >= 4 is 5.91 Å². The van der Waals surface area contributed by atoms with Crippen LogP contribution in [0.15, 0.2) is 24.3 Å². The van der Waals surface area contributed by atoms with Gasteiger partial charge < -0.3 is 15.4 Å². The Morgan fingerprint density at radius 2 is 2.04 bits per heavy atom. The normalized spacial score (nSPS) is 20.6. The van der Waals surface area contributed by atoms with Gasteiger partial charge in [-0.1, -0.05) is 26.0 Å². The smallest absolute Gasteiger partial charge is 0.387 e. The van der Waals surface area contributed by atoms with E-state index in [9.17, 15) is 13.6 Å². The van der Waals surface area contributed by atoms with E-state index in [2.05, 4.69) is 18.6 Å². The van der Waals surface area contributed by atoms with Gasteiger partial charge in [-0.2, -0.15) is 8.78 Å². The molecule has 1 heterocycles. The van der Waals surface area contributed by atoms with Gasteiger partial charge >= 0.3 is 6.61 Å². The van der Waals surface area contributed by atoms with E-state index < -0.39 is 6.61 Å². The minimum atomic E-state index is -2.82. The van der Waals surface area contributed by atoms with Crippen LogP contribution in [0, 0.1) is 5.41 Å². The fourth-order valence-electron chi connectivity index (χ4n) is 2.83. The molecular weight excluding hydrogens is 302 g/mol. The number of aryl methyl sites for hydroxylation is 1. The Balaban J connectivity index is 1.84.